The van der Waals surface area contributed by atoms with Crippen molar-refractivity contribution in [3.05, 3.63) is 28.2 Å². The zero-order chi connectivity index (χ0) is 14.1. The van der Waals surface area contributed by atoms with Gasteiger partial charge >= 0.3 is 0 Å². The molecule has 108 valence electrons. The van der Waals surface area contributed by atoms with Gasteiger partial charge in [-0.3, -0.25) is 9.59 Å². The fourth-order valence-electron chi connectivity index (χ4n) is 2.91. The Morgan fingerprint density at radius 3 is 2.55 bits per heavy atom. The fourth-order valence-corrected chi connectivity index (χ4v) is 2.91. The average Bonchev–Trinajstić information content (AvgIpc) is 3.27. The zero-order valence-electron chi connectivity index (χ0n) is 11.8. The van der Waals surface area contributed by atoms with Crippen LogP contribution in [-0.2, 0) is 4.79 Å². The number of aryl methyl sites for hydroxylation is 1. The maximum atomic E-state index is 11.9. The van der Waals surface area contributed by atoms with Crippen LogP contribution in [0.25, 0.3) is 0 Å². The first-order valence-corrected chi connectivity index (χ1v) is 7.50. The molecule has 5 heteroatoms. The van der Waals surface area contributed by atoms with Crippen molar-refractivity contribution in [2.24, 2.45) is 5.92 Å². The minimum Gasteiger partial charge on any atom is -0.353 e. The minimum atomic E-state index is -0.0268. The van der Waals surface area contributed by atoms with E-state index in [9.17, 15) is 9.59 Å². The van der Waals surface area contributed by atoms with Crippen molar-refractivity contribution in [2.45, 2.75) is 57.5 Å². The minimum absolute atomic E-state index is 0.0268. The molecule has 0 aromatic carbocycles. The number of amides is 1. The smallest absolute Gasteiger partial charge is 0.267 e. The van der Waals surface area contributed by atoms with Crippen LogP contribution in [0, 0.1) is 12.8 Å². The second kappa shape index (κ2) is 5.38. The van der Waals surface area contributed by atoms with E-state index in [4.69, 9.17) is 0 Å². The van der Waals surface area contributed by atoms with Crippen molar-refractivity contribution < 1.29 is 4.79 Å². The summed E-state index contributed by atoms with van der Waals surface area (Å²) in [6, 6.07) is 3.79. The highest BCUT2D eigenvalue weighted by atomic mass is 16.2. The van der Waals surface area contributed by atoms with Crippen LogP contribution in [0.15, 0.2) is 16.9 Å². The lowest BCUT2D eigenvalue weighted by Gasteiger charge is -2.29. The van der Waals surface area contributed by atoms with Crippen LogP contribution in [0.5, 0.6) is 0 Å². The second-order valence-corrected chi connectivity index (χ2v) is 6.05. The van der Waals surface area contributed by atoms with Crippen LogP contribution in [-0.4, -0.2) is 21.7 Å². The van der Waals surface area contributed by atoms with E-state index in [1.54, 1.807) is 16.8 Å². The Kier molecular flexibility index (Phi) is 3.59. The van der Waals surface area contributed by atoms with Crippen molar-refractivity contribution in [2.75, 3.05) is 0 Å². The second-order valence-electron chi connectivity index (χ2n) is 6.05. The SMILES string of the molecule is Cc1ccc(=O)n(C2CCC(NC(=O)C3CC3)CC2)n1. The molecule has 1 heterocycles. The highest BCUT2D eigenvalue weighted by Gasteiger charge is 2.32. The third-order valence-electron chi connectivity index (χ3n) is 4.30. The van der Waals surface area contributed by atoms with Gasteiger partial charge in [-0.25, -0.2) is 4.68 Å². The van der Waals surface area contributed by atoms with Crippen LogP contribution in [0.2, 0.25) is 0 Å². The van der Waals surface area contributed by atoms with Crippen molar-refractivity contribution in [3.8, 4) is 0 Å². The Morgan fingerprint density at radius 1 is 1.20 bits per heavy atom. The van der Waals surface area contributed by atoms with Gasteiger partial charge in [-0.15, -0.1) is 0 Å². The number of carbonyl (C=O) groups is 1. The van der Waals surface area contributed by atoms with Crippen molar-refractivity contribution >= 4 is 5.91 Å². The number of carbonyl (C=O) groups excluding carboxylic acids is 1. The third kappa shape index (κ3) is 2.92. The van der Waals surface area contributed by atoms with E-state index in [-0.39, 0.29) is 29.5 Å². The Balaban J connectivity index is 1.59. The monoisotopic (exact) mass is 275 g/mol. The van der Waals surface area contributed by atoms with Gasteiger partial charge in [0.2, 0.25) is 5.91 Å². The molecule has 0 unspecified atom stereocenters. The Bertz CT molecular complexity index is 554. The summed E-state index contributed by atoms with van der Waals surface area (Å²) in [4.78, 5) is 23.6. The summed E-state index contributed by atoms with van der Waals surface area (Å²) in [5.41, 5.74) is 0.842. The summed E-state index contributed by atoms with van der Waals surface area (Å²) in [7, 11) is 0. The molecule has 0 aliphatic heterocycles. The first-order valence-electron chi connectivity index (χ1n) is 7.50. The highest BCUT2D eigenvalue weighted by Crippen LogP contribution is 2.31. The number of hydrogen-bond acceptors (Lipinski definition) is 3. The van der Waals surface area contributed by atoms with Gasteiger partial charge < -0.3 is 5.32 Å². The van der Waals surface area contributed by atoms with Crippen molar-refractivity contribution in [3.63, 3.8) is 0 Å². The molecule has 20 heavy (non-hydrogen) atoms. The summed E-state index contributed by atoms with van der Waals surface area (Å²) in [5.74, 6) is 0.494. The summed E-state index contributed by atoms with van der Waals surface area (Å²) in [6.45, 7) is 1.90. The summed E-state index contributed by atoms with van der Waals surface area (Å²) >= 11 is 0. The molecule has 0 radical (unpaired) electrons. The number of hydrogen-bond donors (Lipinski definition) is 1. The zero-order valence-corrected chi connectivity index (χ0v) is 11.8. The summed E-state index contributed by atoms with van der Waals surface area (Å²) in [5, 5.41) is 7.47. The first kappa shape index (κ1) is 13.3. The van der Waals surface area contributed by atoms with Gasteiger partial charge in [0.15, 0.2) is 0 Å². The van der Waals surface area contributed by atoms with Crippen molar-refractivity contribution in [1.82, 2.24) is 15.1 Å². The van der Waals surface area contributed by atoms with Crippen LogP contribution in [0.1, 0.15) is 50.3 Å². The maximum absolute atomic E-state index is 11.9. The van der Waals surface area contributed by atoms with E-state index < -0.39 is 0 Å². The third-order valence-corrected chi connectivity index (χ3v) is 4.30. The topological polar surface area (TPSA) is 64.0 Å². The molecule has 1 N–H and O–H groups in total. The molecule has 2 saturated carbocycles. The van der Waals surface area contributed by atoms with E-state index in [1.165, 1.54) is 0 Å². The van der Waals surface area contributed by atoms with E-state index in [2.05, 4.69) is 10.4 Å². The van der Waals surface area contributed by atoms with Gasteiger partial charge in [-0.2, -0.15) is 5.10 Å². The van der Waals surface area contributed by atoms with Crippen LogP contribution in [0.4, 0.5) is 0 Å². The molecule has 1 aromatic heterocycles. The number of nitrogens with zero attached hydrogens (tertiary/aromatic N) is 2. The van der Waals surface area contributed by atoms with Gasteiger partial charge in [0.1, 0.15) is 0 Å². The Morgan fingerprint density at radius 2 is 1.90 bits per heavy atom. The van der Waals surface area contributed by atoms with E-state index in [0.717, 1.165) is 44.2 Å². The van der Waals surface area contributed by atoms with Gasteiger partial charge in [0.05, 0.1) is 11.7 Å². The average molecular weight is 275 g/mol. The number of rotatable bonds is 3. The summed E-state index contributed by atoms with van der Waals surface area (Å²) < 4.78 is 1.62. The van der Waals surface area contributed by atoms with Crippen molar-refractivity contribution in [1.29, 1.82) is 0 Å². The van der Waals surface area contributed by atoms with Gasteiger partial charge in [-0.1, -0.05) is 0 Å². The van der Waals surface area contributed by atoms with Crippen LogP contribution >= 0.6 is 0 Å². The molecular weight excluding hydrogens is 254 g/mol. The molecule has 2 aliphatic carbocycles. The summed E-state index contributed by atoms with van der Waals surface area (Å²) in [6.07, 6.45) is 5.78. The Labute approximate surface area is 118 Å². The largest absolute Gasteiger partial charge is 0.353 e. The molecule has 2 aliphatic rings. The molecule has 5 nitrogen and oxygen atoms in total. The normalized spacial score (nSPS) is 26.2. The molecule has 0 saturated heterocycles. The number of nitrogens with one attached hydrogen (secondary N) is 1. The quantitative estimate of drug-likeness (QED) is 0.910. The van der Waals surface area contributed by atoms with Crippen LogP contribution in [0.3, 0.4) is 0 Å². The Hall–Kier alpha value is -1.65. The highest BCUT2D eigenvalue weighted by molar-refractivity contribution is 5.81. The molecule has 1 amide bonds. The lowest BCUT2D eigenvalue weighted by Crippen LogP contribution is -2.40. The van der Waals surface area contributed by atoms with E-state index in [1.807, 2.05) is 6.92 Å². The van der Waals surface area contributed by atoms with Gasteiger partial charge in [-0.05, 0) is 51.5 Å². The molecule has 0 bridgehead atoms. The van der Waals surface area contributed by atoms with E-state index >= 15 is 0 Å². The molecule has 0 spiro atoms. The first-order chi connectivity index (χ1) is 9.63. The predicted octanol–water partition coefficient (Wildman–Crippen LogP) is 1.56. The standard InChI is InChI=1S/C15H21N3O2/c1-10-2-9-14(19)18(17-10)13-7-5-12(6-8-13)16-15(20)11-3-4-11/h2,9,11-13H,3-8H2,1H3,(H,16,20). The predicted molar refractivity (Wildman–Crippen MR) is 75.4 cm³/mol. The number of aromatic nitrogens is 2. The lowest BCUT2D eigenvalue weighted by atomic mass is 9.91. The van der Waals surface area contributed by atoms with Gasteiger partial charge in [0, 0.05) is 18.0 Å². The lowest BCUT2D eigenvalue weighted by molar-refractivity contribution is -0.123. The molecular formula is C15H21N3O2. The molecule has 0 atom stereocenters. The molecule has 2 fully saturated rings. The van der Waals surface area contributed by atoms with Crippen LogP contribution < -0.4 is 10.9 Å². The van der Waals surface area contributed by atoms with Gasteiger partial charge in [0.25, 0.3) is 5.56 Å². The van der Waals surface area contributed by atoms with E-state index in [0.29, 0.717) is 0 Å². The molecule has 1 aromatic rings. The fraction of sp³-hybridized carbons (Fsp3) is 0.667. The maximum Gasteiger partial charge on any atom is 0.267 e. The molecule has 3 rings (SSSR count).